The maximum Gasteiger partial charge on any atom is 0.0295 e. The first-order valence-electron chi connectivity index (χ1n) is 6.90. The van der Waals surface area contributed by atoms with Crippen molar-refractivity contribution >= 4 is 0 Å². The van der Waals surface area contributed by atoms with Gasteiger partial charge in [0.25, 0.3) is 0 Å². The lowest BCUT2D eigenvalue weighted by Gasteiger charge is -2.15. The van der Waals surface area contributed by atoms with Crippen molar-refractivity contribution < 1.29 is 0 Å². The first kappa shape index (κ1) is 13.9. The van der Waals surface area contributed by atoms with E-state index in [2.05, 4.69) is 75.0 Å². The fourth-order valence-electron chi connectivity index (χ4n) is 2.43. The number of aromatic nitrogens is 1. The molecule has 0 saturated carbocycles. The van der Waals surface area contributed by atoms with Crippen LogP contribution < -0.4 is 5.32 Å². The summed E-state index contributed by atoms with van der Waals surface area (Å²) in [4.78, 5) is 0. The summed E-state index contributed by atoms with van der Waals surface area (Å²) in [5, 5.41) is 3.61. The second-order valence-electron chi connectivity index (χ2n) is 5.47. The predicted octanol–water partition coefficient (Wildman–Crippen LogP) is 3.80. The summed E-state index contributed by atoms with van der Waals surface area (Å²) in [6.07, 6.45) is 0. The van der Waals surface area contributed by atoms with Gasteiger partial charge in [-0.15, -0.1) is 0 Å². The molecule has 1 heterocycles. The quantitative estimate of drug-likeness (QED) is 0.880. The summed E-state index contributed by atoms with van der Waals surface area (Å²) in [7, 11) is 2.12. The third-order valence-corrected chi connectivity index (χ3v) is 4.02. The minimum Gasteiger partial charge on any atom is -0.352 e. The molecule has 0 aliphatic carbocycles. The SMILES string of the molecule is Cc1cccc([C@@H](C)NCc2cc(C)n(C)c2C)c1. The van der Waals surface area contributed by atoms with Crippen LogP contribution in [0.3, 0.4) is 0 Å². The molecule has 0 unspecified atom stereocenters. The smallest absolute Gasteiger partial charge is 0.0295 e. The van der Waals surface area contributed by atoms with Gasteiger partial charge in [-0.05, 0) is 44.9 Å². The monoisotopic (exact) mass is 256 g/mol. The normalized spacial score (nSPS) is 12.7. The molecule has 19 heavy (non-hydrogen) atoms. The average Bonchev–Trinajstić information content (AvgIpc) is 2.63. The summed E-state index contributed by atoms with van der Waals surface area (Å²) in [6.45, 7) is 9.62. The molecular weight excluding hydrogens is 232 g/mol. The van der Waals surface area contributed by atoms with Crippen molar-refractivity contribution in [3.8, 4) is 0 Å². The molecule has 102 valence electrons. The van der Waals surface area contributed by atoms with Gasteiger partial charge in [-0.25, -0.2) is 0 Å². The van der Waals surface area contributed by atoms with Gasteiger partial charge in [0.2, 0.25) is 0 Å². The highest BCUT2D eigenvalue weighted by Crippen LogP contribution is 2.17. The van der Waals surface area contributed by atoms with Gasteiger partial charge in [0, 0.05) is 31.0 Å². The Morgan fingerprint density at radius 2 is 1.89 bits per heavy atom. The van der Waals surface area contributed by atoms with Gasteiger partial charge in [0.1, 0.15) is 0 Å². The molecule has 2 aromatic rings. The lowest BCUT2D eigenvalue weighted by molar-refractivity contribution is 0.572. The first-order valence-corrected chi connectivity index (χ1v) is 6.90. The number of nitrogens with zero attached hydrogens (tertiary/aromatic N) is 1. The van der Waals surface area contributed by atoms with E-state index in [9.17, 15) is 0 Å². The minimum atomic E-state index is 0.375. The number of hydrogen-bond acceptors (Lipinski definition) is 1. The molecule has 2 nitrogen and oxygen atoms in total. The van der Waals surface area contributed by atoms with Crippen LogP contribution in [0.4, 0.5) is 0 Å². The summed E-state index contributed by atoms with van der Waals surface area (Å²) in [5.41, 5.74) is 6.72. The van der Waals surface area contributed by atoms with Crippen LogP contribution in [0.25, 0.3) is 0 Å². The molecular formula is C17H24N2. The van der Waals surface area contributed by atoms with Crippen LogP contribution in [-0.4, -0.2) is 4.57 Å². The Hall–Kier alpha value is -1.54. The van der Waals surface area contributed by atoms with Crippen molar-refractivity contribution in [2.24, 2.45) is 7.05 Å². The van der Waals surface area contributed by atoms with E-state index in [1.165, 1.54) is 28.1 Å². The van der Waals surface area contributed by atoms with E-state index in [0.717, 1.165) is 6.54 Å². The van der Waals surface area contributed by atoms with Gasteiger partial charge in [0.05, 0.1) is 0 Å². The van der Waals surface area contributed by atoms with Crippen molar-refractivity contribution in [3.05, 3.63) is 58.4 Å². The van der Waals surface area contributed by atoms with Crippen LogP contribution in [0.2, 0.25) is 0 Å². The van der Waals surface area contributed by atoms with Crippen LogP contribution in [-0.2, 0) is 13.6 Å². The summed E-state index contributed by atoms with van der Waals surface area (Å²) in [5.74, 6) is 0. The van der Waals surface area contributed by atoms with Gasteiger partial charge in [-0.2, -0.15) is 0 Å². The number of benzene rings is 1. The summed E-state index contributed by atoms with van der Waals surface area (Å²) in [6, 6.07) is 11.3. The largest absolute Gasteiger partial charge is 0.352 e. The van der Waals surface area contributed by atoms with Gasteiger partial charge in [0.15, 0.2) is 0 Å². The van der Waals surface area contributed by atoms with Crippen molar-refractivity contribution in [1.82, 2.24) is 9.88 Å². The average molecular weight is 256 g/mol. The Bertz CT molecular complexity index is 567. The van der Waals surface area contributed by atoms with Gasteiger partial charge in [-0.3, -0.25) is 0 Å². The minimum absolute atomic E-state index is 0.375. The van der Waals surface area contributed by atoms with Crippen molar-refractivity contribution in [1.29, 1.82) is 0 Å². The topological polar surface area (TPSA) is 17.0 Å². The molecule has 1 N–H and O–H groups in total. The molecule has 1 aromatic carbocycles. The number of hydrogen-bond donors (Lipinski definition) is 1. The Labute approximate surface area is 116 Å². The molecule has 0 saturated heterocycles. The van der Waals surface area contributed by atoms with Crippen molar-refractivity contribution in [2.45, 2.75) is 40.3 Å². The standard InChI is InChI=1S/C17H24N2/c1-12-7-6-8-16(9-12)14(3)18-11-17-10-13(2)19(5)15(17)4/h6-10,14,18H,11H2,1-5H3/t14-/m1/s1. The molecule has 0 radical (unpaired) electrons. The number of rotatable bonds is 4. The highest BCUT2D eigenvalue weighted by molar-refractivity contribution is 5.27. The molecule has 0 amide bonds. The Morgan fingerprint density at radius 3 is 2.47 bits per heavy atom. The summed E-state index contributed by atoms with van der Waals surface area (Å²) >= 11 is 0. The van der Waals surface area contributed by atoms with Gasteiger partial charge < -0.3 is 9.88 Å². The van der Waals surface area contributed by atoms with Gasteiger partial charge >= 0.3 is 0 Å². The van der Waals surface area contributed by atoms with E-state index in [1.807, 2.05) is 0 Å². The summed E-state index contributed by atoms with van der Waals surface area (Å²) < 4.78 is 2.24. The Kier molecular flexibility index (Phi) is 4.11. The first-order chi connectivity index (χ1) is 8.99. The molecule has 2 heteroatoms. The van der Waals surface area contributed by atoms with Crippen LogP contribution in [0.15, 0.2) is 30.3 Å². The molecule has 2 rings (SSSR count). The van der Waals surface area contributed by atoms with Crippen LogP contribution in [0.5, 0.6) is 0 Å². The second kappa shape index (κ2) is 5.62. The molecule has 1 aromatic heterocycles. The maximum absolute atomic E-state index is 3.61. The molecule has 0 spiro atoms. The zero-order valence-electron chi connectivity index (χ0n) is 12.6. The van der Waals surface area contributed by atoms with Crippen molar-refractivity contribution in [3.63, 3.8) is 0 Å². The third-order valence-electron chi connectivity index (χ3n) is 4.02. The van der Waals surface area contributed by atoms with Crippen molar-refractivity contribution in [2.75, 3.05) is 0 Å². The second-order valence-corrected chi connectivity index (χ2v) is 5.47. The van der Waals surface area contributed by atoms with E-state index in [0.29, 0.717) is 6.04 Å². The molecule has 0 aliphatic rings. The van der Waals surface area contributed by atoms with E-state index < -0.39 is 0 Å². The van der Waals surface area contributed by atoms with Crippen LogP contribution in [0, 0.1) is 20.8 Å². The predicted molar refractivity (Wildman–Crippen MR) is 81.3 cm³/mol. The Morgan fingerprint density at radius 1 is 1.16 bits per heavy atom. The Balaban J connectivity index is 2.04. The van der Waals surface area contributed by atoms with Crippen LogP contribution >= 0.6 is 0 Å². The van der Waals surface area contributed by atoms with Crippen LogP contribution in [0.1, 0.15) is 41.0 Å². The molecule has 0 bridgehead atoms. The van der Waals surface area contributed by atoms with E-state index >= 15 is 0 Å². The van der Waals surface area contributed by atoms with E-state index in [4.69, 9.17) is 0 Å². The third kappa shape index (κ3) is 3.07. The fourth-order valence-corrected chi connectivity index (χ4v) is 2.43. The molecule has 0 aliphatic heterocycles. The number of nitrogens with one attached hydrogen (secondary N) is 1. The number of aryl methyl sites for hydroxylation is 2. The lowest BCUT2D eigenvalue weighted by atomic mass is 10.1. The van der Waals surface area contributed by atoms with Gasteiger partial charge in [-0.1, -0.05) is 29.8 Å². The zero-order valence-corrected chi connectivity index (χ0v) is 12.6. The van der Waals surface area contributed by atoms with E-state index in [-0.39, 0.29) is 0 Å². The highest BCUT2D eigenvalue weighted by Gasteiger charge is 2.09. The fraction of sp³-hybridized carbons (Fsp3) is 0.412. The molecule has 0 fully saturated rings. The lowest BCUT2D eigenvalue weighted by Crippen LogP contribution is -2.18. The maximum atomic E-state index is 3.61. The zero-order chi connectivity index (χ0) is 14.0. The molecule has 1 atom stereocenters. The van der Waals surface area contributed by atoms with E-state index in [1.54, 1.807) is 0 Å². The highest BCUT2D eigenvalue weighted by atomic mass is 15.0.